The van der Waals surface area contributed by atoms with Crippen LogP contribution in [0.4, 0.5) is 0 Å². The highest BCUT2D eigenvalue weighted by molar-refractivity contribution is 5.94. The second-order valence-electron chi connectivity index (χ2n) is 5.66. The fourth-order valence-corrected chi connectivity index (χ4v) is 2.59. The SMILES string of the molecule is CC(C)C1C=CCN1C(=O)c1cnc(-c2cccnc2)nc1. The van der Waals surface area contributed by atoms with Gasteiger partial charge in [-0.25, -0.2) is 9.97 Å². The quantitative estimate of drug-likeness (QED) is 0.816. The maximum absolute atomic E-state index is 12.6. The molecule has 0 saturated heterocycles. The molecule has 5 nitrogen and oxygen atoms in total. The van der Waals surface area contributed by atoms with Crippen molar-refractivity contribution in [1.82, 2.24) is 19.9 Å². The van der Waals surface area contributed by atoms with Gasteiger partial charge in [0, 0.05) is 36.9 Å². The van der Waals surface area contributed by atoms with Crippen LogP contribution in [0.3, 0.4) is 0 Å². The summed E-state index contributed by atoms with van der Waals surface area (Å²) in [5, 5.41) is 0. The molecule has 2 aromatic rings. The van der Waals surface area contributed by atoms with Crippen molar-refractivity contribution in [1.29, 1.82) is 0 Å². The Balaban J connectivity index is 1.80. The summed E-state index contributed by atoms with van der Waals surface area (Å²) < 4.78 is 0. The smallest absolute Gasteiger partial charge is 0.257 e. The first-order chi connectivity index (χ1) is 10.7. The summed E-state index contributed by atoms with van der Waals surface area (Å²) in [7, 11) is 0. The molecule has 3 rings (SSSR count). The van der Waals surface area contributed by atoms with Crippen LogP contribution in [0.1, 0.15) is 24.2 Å². The molecule has 1 atom stereocenters. The Hall–Kier alpha value is -2.56. The maximum Gasteiger partial charge on any atom is 0.257 e. The van der Waals surface area contributed by atoms with Crippen LogP contribution in [0.15, 0.2) is 49.1 Å². The third kappa shape index (κ3) is 2.74. The van der Waals surface area contributed by atoms with Gasteiger partial charge in [0.2, 0.25) is 0 Å². The predicted octanol–water partition coefficient (Wildman–Crippen LogP) is 2.58. The van der Waals surface area contributed by atoms with E-state index in [1.165, 1.54) is 0 Å². The van der Waals surface area contributed by atoms with Crippen molar-refractivity contribution < 1.29 is 4.79 Å². The maximum atomic E-state index is 12.6. The number of aromatic nitrogens is 3. The van der Waals surface area contributed by atoms with E-state index in [-0.39, 0.29) is 11.9 Å². The minimum atomic E-state index is -0.0264. The van der Waals surface area contributed by atoms with E-state index in [9.17, 15) is 4.79 Å². The number of hydrogen-bond acceptors (Lipinski definition) is 4. The van der Waals surface area contributed by atoms with E-state index < -0.39 is 0 Å². The summed E-state index contributed by atoms with van der Waals surface area (Å²) in [6, 6.07) is 3.87. The molecule has 22 heavy (non-hydrogen) atoms. The molecule has 5 heteroatoms. The molecular formula is C17H18N4O. The molecular weight excluding hydrogens is 276 g/mol. The predicted molar refractivity (Wildman–Crippen MR) is 84.1 cm³/mol. The fourth-order valence-electron chi connectivity index (χ4n) is 2.59. The minimum absolute atomic E-state index is 0.0264. The number of amides is 1. The van der Waals surface area contributed by atoms with E-state index in [4.69, 9.17) is 0 Å². The standard InChI is InChI=1S/C17H18N4O/c1-12(2)15-6-4-8-21(15)17(22)14-10-19-16(20-11-14)13-5-3-7-18-9-13/h3-7,9-12,15H,8H2,1-2H3. The van der Waals surface area contributed by atoms with Gasteiger partial charge >= 0.3 is 0 Å². The van der Waals surface area contributed by atoms with E-state index in [1.807, 2.05) is 23.1 Å². The van der Waals surface area contributed by atoms with Crippen molar-refractivity contribution in [3.63, 3.8) is 0 Å². The number of carbonyl (C=O) groups excluding carboxylic acids is 1. The lowest BCUT2D eigenvalue weighted by Gasteiger charge is -2.27. The van der Waals surface area contributed by atoms with Crippen LogP contribution in [0.2, 0.25) is 0 Å². The zero-order valence-electron chi connectivity index (χ0n) is 12.7. The van der Waals surface area contributed by atoms with Crippen LogP contribution in [-0.2, 0) is 0 Å². The molecule has 1 aliphatic heterocycles. The lowest BCUT2D eigenvalue weighted by atomic mass is 10.0. The van der Waals surface area contributed by atoms with Gasteiger partial charge in [-0.3, -0.25) is 9.78 Å². The molecule has 0 N–H and O–H groups in total. The summed E-state index contributed by atoms with van der Waals surface area (Å²) in [5.41, 5.74) is 1.35. The molecule has 0 aromatic carbocycles. The molecule has 0 bridgehead atoms. The largest absolute Gasteiger partial charge is 0.328 e. The van der Waals surface area contributed by atoms with Gasteiger partial charge in [0.05, 0.1) is 11.6 Å². The third-order valence-electron chi connectivity index (χ3n) is 3.76. The molecule has 3 heterocycles. The molecule has 2 aromatic heterocycles. The lowest BCUT2D eigenvalue weighted by molar-refractivity contribution is 0.0719. The highest BCUT2D eigenvalue weighted by Crippen LogP contribution is 2.20. The molecule has 1 aliphatic rings. The van der Waals surface area contributed by atoms with Crippen molar-refractivity contribution in [2.24, 2.45) is 5.92 Å². The third-order valence-corrected chi connectivity index (χ3v) is 3.76. The zero-order valence-corrected chi connectivity index (χ0v) is 12.7. The number of nitrogens with zero attached hydrogens (tertiary/aromatic N) is 4. The van der Waals surface area contributed by atoms with Gasteiger partial charge in [0.25, 0.3) is 5.91 Å². The van der Waals surface area contributed by atoms with Gasteiger partial charge in [-0.05, 0) is 18.1 Å². The fraction of sp³-hybridized carbons (Fsp3) is 0.294. The summed E-state index contributed by atoms with van der Waals surface area (Å²) in [6.45, 7) is 4.87. The van der Waals surface area contributed by atoms with E-state index in [2.05, 4.69) is 34.9 Å². The van der Waals surface area contributed by atoms with Crippen molar-refractivity contribution in [2.45, 2.75) is 19.9 Å². The van der Waals surface area contributed by atoms with Crippen LogP contribution in [0, 0.1) is 5.92 Å². The Bertz CT molecular complexity index is 680. The van der Waals surface area contributed by atoms with Gasteiger partial charge in [-0.15, -0.1) is 0 Å². The molecule has 112 valence electrons. The second-order valence-corrected chi connectivity index (χ2v) is 5.66. The van der Waals surface area contributed by atoms with Gasteiger partial charge in [0.1, 0.15) is 0 Å². The van der Waals surface area contributed by atoms with E-state index in [0.29, 0.717) is 23.9 Å². The number of carbonyl (C=O) groups is 1. The van der Waals surface area contributed by atoms with Crippen molar-refractivity contribution >= 4 is 5.91 Å². The molecule has 0 saturated carbocycles. The normalized spacial score (nSPS) is 17.2. The van der Waals surface area contributed by atoms with E-state index in [0.717, 1.165) is 5.56 Å². The van der Waals surface area contributed by atoms with Gasteiger partial charge in [0.15, 0.2) is 5.82 Å². The molecule has 0 radical (unpaired) electrons. The first-order valence-electron chi connectivity index (χ1n) is 7.37. The topological polar surface area (TPSA) is 59.0 Å². The molecule has 1 amide bonds. The average molecular weight is 294 g/mol. The molecule has 0 aliphatic carbocycles. The first-order valence-corrected chi connectivity index (χ1v) is 7.37. The van der Waals surface area contributed by atoms with Gasteiger partial charge in [-0.1, -0.05) is 26.0 Å². The first kappa shape index (κ1) is 14.4. The van der Waals surface area contributed by atoms with Crippen LogP contribution >= 0.6 is 0 Å². The highest BCUT2D eigenvalue weighted by atomic mass is 16.2. The van der Waals surface area contributed by atoms with Crippen LogP contribution < -0.4 is 0 Å². The highest BCUT2D eigenvalue weighted by Gasteiger charge is 2.28. The van der Waals surface area contributed by atoms with Gasteiger partial charge in [-0.2, -0.15) is 0 Å². The summed E-state index contributed by atoms with van der Waals surface area (Å²) >= 11 is 0. The second kappa shape index (κ2) is 6.05. The minimum Gasteiger partial charge on any atom is -0.328 e. The average Bonchev–Trinajstić information content (AvgIpc) is 3.05. The summed E-state index contributed by atoms with van der Waals surface area (Å²) in [6.07, 6.45) is 10.7. The van der Waals surface area contributed by atoms with E-state index in [1.54, 1.807) is 24.8 Å². The number of rotatable bonds is 3. The van der Waals surface area contributed by atoms with Crippen molar-refractivity contribution in [3.8, 4) is 11.4 Å². The molecule has 0 fully saturated rings. The zero-order chi connectivity index (χ0) is 15.5. The molecule has 0 spiro atoms. The molecule has 1 unspecified atom stereocenters. The van der Waals surface area contributed by atoms with Crippen LogP contribution in [0.25, 0.3) is 11.4 Å². The monoisotopic (exact) mass is 294 g/mol. The summed E-state index contributed by atoms with van der Waals surface area (Å²) in [5.74, 6) is 0.935. The number of pyridine rings is 1. The van der Waals surface area contributed by atoms with Crippen LogP contribution in [0.5, 0.6) is 0 Å². The van der Waals surface area contributed by atoms with E-state index >= 15 is 0 Å². The van der Waals surface area contributed by atoms with Crippen molar-refractivity contribution in [3.05, 3.63) is 54.6 Å². The van der Waals surface area contributed by atoms with Crippen LogP contribution in [-0.4, -0.2) is 38.3 Å². The Morgan fingerprint density at radius 1 is 1.27 bits per heavy atom. The Kier molecular flexibility index (Phi) is 3.96. The van der Waals surface area contributed by atoms with Crippen molar-refractivity contribution in [2.75, 3.05) is 6.54 Å². The lowest BCUT2D eigenvalue weighted by Crippen LogP contribution is -2.39. The summed E-state index contributed by atoms with van der Waals surface area (Å²) in [4.78, 5) is 27.1. The Morgan fingerprint density at radius 3 is 2.68 bits per heavy atom. The Morgan fingerprint density at radius 2 is 2.05 bits per heavy atom. The number of hydrogen-bond donors (Lipinski definition) is 0. The Labute approximate surface area is 129 Å². The van der Waals surface area contributed by atoms with Gasteiger partial charge < -0.3 is 4.90 Å².